The van der Waals surface area contributed by atoms with Crippen molar-refractivity contribution in [2.45, 2.75) is 12.4 Å². The minimum atomic E-state index is -4.71. The zero-order valence-electron chi connectivity index (χ0n) is 15.8. The van der Waals surface area contributed by atoms with Crippen molar-refractivity contribution in [2.24, 2.45) is 0 Å². The number of hydrogen-bond acceptors (Lipinski definition) is 6. The topological polar surface area (TPSA) is 73.9 Å². The van der Waals surface area contributed by atoms with Gasteiger partial charge in [-0.3, -0.25) is 10.1 Å². The minimum absolute atomic E-state index is 0.460. The summed E-state index contributed by atoms with van der Waals surface area (Å²) in [4.78, 5) is 11.2. The van der Waals surface area contributed by atoms with Gasteiger partial charge in [0.15, 0.2) is 0 Å². The number of carbonyl (C=O) groups is 1. The fraction of sp³-hybridized carbons (Fsp3) is 0.278. The lowest BCUT2D eigenvalue weighted by Gasteiger charge is -2.21. The second kappa shape index (κ2) is 9.61. The quantitative estimate of drug-likeness (QED) is 0.328. The third-order valence-corrected chi connectivity index (χ3v) is 5.20. The molecule has 31 heavy (non-hydrogen) atoms. The Morgan fingerprint density at radius 1 is 0.903 bits per heavy atom. The van der Waals surface area contributed by atoms with Gasteiger partial charge in [0.1, 0.15) is 17.8 Å². The Morgan fingerprint density at radius 2 is 1.35 bits per heavy atom. The predicted octanol–water partition coefficient (Wildman–Crippen LogP) is 5.10. The lowest BCUT2D eigenvalue weighted by Crippen LogP contribution is -2.27. The predicted molar refractivity (Wildman–Crippen MR) is 96.6 cm³/mol. The van der Waals surface area contributed by atoms with Gasteiger partial charge in [-0.25, -0.2) is 4.57 Å². The summed E-state index contributed by atoms with van der Waals surface area (Å²) in [6.07, 6.45) is -10.1. The molecule has 0 aliphatic carbocycles. The number of halogens is 6. The van der Waals surface area contributed by atoms with Crippen molar-refractivity contribution in [3.8, 4) is 11.5 Å². The molecule has 1 N–H and O–H groups in total. The molecule has 0 amide bonds. The molecule has 0 aromatic heterocycles. The van der Waals surface area contributed by atoms with Crippen LogP contribution in [0.4, 0.5) is 26.3 Å². The third-order valence-electron chi connectivity index (χ3n) is 3.61. The van der Waals surface area contributed by atoms with Gasteiger partial charge in [0.05, 0.1) is 24.8 Å². The van der Waals surface area contributed by atoms with Gasteiger partial charge < -0.3 is 13.8 Å². The SMILES string of the molecule is COC(=O)CNCP(=O)(Oc1cccc(C(F)(F)F)c1)Oc1cccc(C(F)(F)F)c1. The summed E-state index contributed by atoms with van der Waals surface area (Å²) in [6, 6.07) is 6.74. The molecule has 170 valence electrons. The molecule has 0 radical (unpaired) electrons. The van der Waals surface area contributed by atoms with Crippen LogP contribution in [0.2, 0.25) is 0 Å². The summed E-state index contributed by atoms with van der Waals surface area (Å²) in [5, 5.41) is 2.37. The number of nitrogens with one attached hydrogen (secondary N) is 1. The molecule has 0 spiro atoms. The summed E-state index contributed by atoms with van der Waals surface area (Å²) in [7, 11) is -3.34. The van der Waals surface area contributed by atoms with Crippen molar-refractivity contribution in [2.75, 3.05) is 19.9 Å². The van der Waals surface area contributed by atoms with Gasteiger partial charge in [-0.05, 0) is 36.4 Å². The molecule has 6 nitrogen and oxygen atoms in total. The van der Waals surface area contributed by atoms with Crippen LogP contribution in [0.25, 0.3) is 0 Å². The number of carbonyl (C=O) groups excluding carboxylic acids is 1. The third kappa shape index (κ3) is 7.48. The highest BCUT2D eigenvalue weighted by molar-refractivity contribution is 7.54. The molecule has 0 bridgehead atoms. The summed E-state index contributed by atoms with van der Waals surface area (Å²) in [5.41, 5.74) is -2.20. The first-order valence-corrected chi connectivity index (χ1v) is 10.2. The maximum Gasteiger partial charge on any atom is 0.444 e. The minimum Gasteiger partial charge on any atom is -0.468 e. The Bertz CT molecular complexity index is 899. The van der Waals surface area contributed by atoms with Gasteiger partial charge >= 0.3 is 25.9 Å². The highest BCUT2D eigenvalue weighted by Crippen LogP contribution is 2.48. The zero-order valence-corrected chi connectivity index (χ0v) is 16.7. The van der Waals surface area contributed by atoms with Crippen LogP contribution in [0.3, 0.4) is 0 Å². The Balaban J connectivity index is 2.31. The lowest BCUT2D eigenvalue weighted by atomic mass is 10.2. The Labute approximate surface area is 172 Å². The van der Waals surface area contributed by atoms with Gasteiger partial charge in [0, 0.05) is 0 Å². The second-order valence-corrected chi connectivity index (χ2v) is 7.91. The number of rotatable bonds is 8. The fourth-order valence-electron chi connectivity index (χ4n) is 2.23. The van der Waals surface area contributed by atoms with E-state index < -0.39 is 61.4 Å². The van der Waals surface area contributed by atoms with Crippen LogP contribution in [0.15, 0.2) is 48.5 Å². The van der Waals surface area contributed by atoms with E-state index in [2.05, 4.69) is 10.1 Å². The highest BCUT2D eigenvalue weighted by atomic mass is 31.2. The Hall–Kier alpha value is -2.72. The van der Waals surface area contributed by atoms with Crippen molar-refractivity contribution < 1.29 is 49.5 Å². The standard InChI is InChI=1S/C18H16F6NO5P/c1-28-16(26)10-25-11-31(27,29-14-6-2-4-12(8-14)17(19,20)21)30-15-7-3-5-13(9-15)18(22,23)24/h2-9,25H,10-11H2,1H3. The van der Waals surface area contributed by atoms with Gasteiger partial charge in [-0.15, -0.1) is 0 Å². The van der Waals surface area contributed by atoms with Crippen LogP contribution in [-0.2, 0) is 26.4 Å². The number of hydrogen-bond donors (Lipinski definition) is 1. The Morgan fingerprint density at radius 3 is 1.74 bits per heavy atom. The molecule has 0 aliphatic heterocycles. The van der Waals surface area contributed by atoms with Crippen LogP contribution in [-0.4, -0.2) is 25.9 Å². The summed E-state index contributed by atoms with van der Waals surface area (Å²) in [5.74, 6) is -1.75. The van der Waals surface area contributed by atoms with E-state index >= 15 is 0 Å². The molecule has 0 heterocycles. The van der Waals surface area contributed by atoms with E-state index in [4.69, 9.17) is 9.05 Å². The number of benzene rings is 2. The van der Waals surface area contributed by atoms with Gasteiger partial charge in [-0.2, -0.15) is 26.3 Å². The molecule has 0 saturated carbocycles. The average molecular weight is 471 g/mol. The molecule has 13 heteroatoms. The molecule has 2 aromatic rings. The van der Waals surface area contributed by atoms with Crippen molar-refractivity contribution in [1.29, 1.82) is 0 Å². The molecular weight excluding hydrogens is 455 g/mol. The monoisotopic (exact) mass is 471 g/mol. The van der Waals surface area contributed by atoms with E-state index in [0.29, 0.717) is 12.1 Å². The van der Waals surface area contributed by atoms with E-state index in [-0.39, 0.29) is 0 Å². The average Bonchev–Trinajstić information content (AvgIpc) is 2.66. The van der Waals surface area contributed by atoms with Crippen molar-refractivity contribution in [1.82, 2.24) is 5.32 Å². The maximum absolute atomic E-state index is 13.1. The van der Waals surface area contributed by atoms with E-state index in [1.165, 1.54) is 0 Å². The fourth-order valence-corrected chi connectivity index (χ4v) is 3.65. The van der Waals surface area contributed by atoms with E-state index in [1.54, 1.807) is 0 Å². The molecule has 0 saturated heterocycles. The van der Waals surface area contributed by atoms with Crippen LogP contribution in [0.1, 0.15) is 11.1 Å². The van der Waals surface area contributed by atoms with Gasteiger partial charge in [0.25, 0.3) is 0 Å². The lowest BCUT2D eigenvalue weighted by molar-refractivity contribution is -0.139. The molecular formula is C18H16F6NO5P. The molecule has 0 aliphatic rings. The zero-order chi connectivity index (χ0) is 23.3. The summed E-state index contributed by atoms with van der Waals surface area (Å²) in [6.45, 7) is -0.460. The second-order valence-electron chi connectivity index (χ2n) is 6.01. The first-order valence-electron chi connectivity index (χ1n) is 8.43. The van der Waals surface area contributed by atoms with E-state index in [0.717, 1.165) is 43.5 Å². The highest BCUT2D eigenvalue weighted by Gasteiger charge is 2.34. The molecule has 2 aromatic carbocycles. The summed E-state index contributed by atoms with van der Waals surface area (Å²) < 4.78 is 105. The number of alkyl halides is 6. The van der Waals surface area contributed by atoms with Crippen molar-refractivity contribution >= 4 is 13.6 Å². The van der Waals surface area contributed by atoms with Crippen LogP contribution in [0.5, 0.6) is 11.5 Å². The number of esters is 1. The summed E-state index contributed by atoms with van der Waals surface area (Å²) >= 11 is 0. The first kappa shape index (κ1) is 24.5. The molecule has 0 unspecified atom stereocenters. The molecule has 2 rings (SSSR count). The molecule has 0 atom stereocenters. The smallest absolute Gasteiger partial charge is 0.444 e. The normalized spacial score (nSPS) is 12.4. The number of ether oxygens (including phenoxy) is 1. The number of methoxy groups -OCH3 is 1. The van der Waals surface area contributed by atoms with Crippen LogP contribution >= 0.6 is 7.60 Å². The molecule has 0 fully saturated rings. The van der Waals surface area contributed by atoms with E-state index in [1.807, 2.05) is 0 Å². The Kier molecular flexibility index (Phi) is 7.61. The first-order chi connectivity index (χ1) is 14.3. The van der Waals surface area contributed by atoms with Gasteiger partial charge in [0.2, 0.25) is 0 Å². The van der Waals surface area contributed by atoms with Gasteiger partial charge in [-0.1, -0.05) is 12.1 Å². The maximum atomic E-state index is 13.1. The van der Waals surface area contributed by atoms with E-state index in [9.17, 15) is 35.7 Å². The van der Waals surface area contributed by atoms with Crippen LogP contribution < -0.4 is 14.4 Å². The largest absolute Gasteiger partial charge is 0.468 e. The van der Waals surface area contributed by atoms with Crippen molar-refractivity contribution in [3.05, 3.63) is 59.7 Å². The van der Waals surface area contributed by atoms with Crippen molar-refractivity contribution in [3.63, 3.8) is 0 Å². The van der Waals surface area contributed by atoms with Crippen LogP contribution in [0, 0.1) is 0 Å².